The number of fused-ring (bicyclic) bond motifs is 1. The van der Waals surface area contributed by atoms with Crippen molar-refractivity contribution in [3.05, 3.63) is 24.3 Å². The van der Waals surface area contributed by atoms with Gasteiger partial charge in [0.1, 0.15) is 12.4 Å². The first-order chi connectivity index (χ1) is 9.85. The van der Waals surface area contributed by atoms with Crippen LogP contribution in [0.25, 0.3) is 10.9 Å². The van der Waals surface area contributed by atoms with E-state index in [2.05, 4.69) is 15.3 Å². The zero-order valence-corrected chi connectivity index (χ0v) is 11.8. The van der Waals surface area contributed by atoms with Gasteiger partial charge < -0.3 is 19.5 Å². The summed E-state index contributed by atoms with van der Waals surface area (Å²) in [4.78, 5) is 8.76. The lowest BCUT2D eigenvalue weighted by atomic mass is 10.2. The number of methoxy groups -OCH3 is 2. The molecule has 0 aliphatic heterocycles. The van der Waals surface area contributed by atoms with Crippen molar-refractivity contribution in [3.63, 3.8) is 0 Å². The third-order valence-corrected chi connectivity index (χ3v) is 2.70. The van der Waals surface area contributed by atoms with Crippen LogP contribution in [0.15, 0.2) is 24.3 Å². The fraction of sp³-hybridized carbons (Fsp3) is 0.429. The van der Waals surface area contributed by atoms with E-state index in [1.54, 1.807) is 14.2 Å². The molecule has 1 N–H and O–H groups in total. The first-order valence-corrected chi connectivity index (χ1v) is 6.46. The Morgan fingerprint density at radius 2 is 1.80 bits per heavy atom. The van der Waals surface area contributed by atoms with Crippen LogP contribution in [0.3, 0.4) is 0 Å². The molecule has 0 aliphatic carbocycles. The molecular formula is C14H19N3O3. The SMILES string of the molecule is COCCNc1nc(OCCOC)nc2ccccc12. The minimum Gasteiger partial charge on any atom is -0.461 e. The number of para-hydroxylation sites is 1. The summed E-state index contributed by atoms with van der Waals surface area (Å²) in [7, 11) is 3.29. The lowest BCUT2D eigenvalue weighted by Crippen LogP contribution is -2.11. The van der Waals surface area contributed by atoms with Crippen LogP contribution in [0.2, 0.25) is 0 Å². The van der Waals surface area contributed by atoms with Crippen LogP contribution in [0.1, 0.15) is 0 Å². The van der Waals surface area contributed by atoms with E-state index in [4.69, 9.17) is 14.2 Å². The standard InChI is InChI=1S/C14H19N3O3/c1-18-8-7-15-13-11-5-3-4-6-12(11)16-14(17-13)20-10-9-19-2/h3-6H,7-10H2,1-2H3,(H,15,16,17). The Morgan fingerprint density at radius 1 is 1.00 bits per heavy atom. The van der Waals surface area contributed by atoms with Crippen molar-refractivity contribution in [2.45, 2.75) is 0 Å². The molecule has 6 heteroatoms. The molecule has 0 radical (unpaired) electrons. The maximum Gasteiger partial charge on any atom is 0.319 e. The molecule has 1 aromatic heterocycles. The quantitative estimate of drug-likeness (QED) is 0.741. The van der Waals surface area contributed by atoms with Gasteiger partial charge in [0.25, 0.3) is 0 Å². The van der Waals surface area contributed by atoms with Gasteiger partial charge in [0.05, 0.1) is 18.7 Å². The van der Waals surface area contributed by atoms with Gasteiger partial charge in [0, 0.05) is 26.2 Å². The molecule has 0 aliphatic rings. The molecule has 0 saturated heterocycles. The molecule has 6 nitrogen and oxygen atoms in total. The first kappa shape index (κ1) is 14.5. The smallest absolute Gasteiger partial charge is 0.319 e. The topological polar surface area (TPSA) is 65.5 Å². The van der Waals surface area contributed by atoms with Crippen LogP contribution >= 0.6 is 0 Å². The summed E-state index contributed by atoms with van der Waals surface area (Å²) in [5.74, 6) is 0.750. The van der Waals surface area contributed by atoms with Crippen molar-refractivity contribution >= 4 is 16.7 Å². The Morgan fingerprint density at radius 3 is 2.60 bits per heavy atom. The van der Waals surface area contributed by atoms with Crippen molar-refractivity contribution < 1.29 is 14.2 Å². The fourth-order valence-corrected chi connectivity index (χ4v) is 1.74. The van der Waals surface area contributed by atoms with E-state index in [9.17, 15) is 0 Å². The van der Waals surface area contributed by atoms with Gasteiger partial charge in [-0.3, -0.25) is 0 Å². The van der Waals surface area contributed by atoms with Crippen LogP contribution in [-0.4, -0.2) is 50.6 Å². The summed E-state index contributed by atoms with van der Waals surface area (Å²) in [6.07, 6.45) is 0. The second-order valence-corrected chi connectivity index (χ2v) is 4.13. The maximum atomic E-state index is 5.48. The third-order valence-electron chi connectivity index (χ3n) is 2.70. The van der Waals surface area contributed by atoms with Gasteiger partial charge in [-0.1, -0.05) is 12.1 Å². The number of hydrogen-bond donors (Lipinski definition) is 1. The zero-order chi connectivity index (χ0) is 14.2. The van der Waals surface area contributed by atoms with E-state index in [-0.39, 0.29) is 0 Å². The molecule has 108 valence electrons. The van der Waals surface area contributed by atoms with Gasteiger partial charge in [-0.25, -0.2) is 0 Å². The molecule has 0 amide bonds. The van der Waals surface area contributed by atoms with Crippen molar-refractivity contribution in [2.75, 3.05) is 45.9 Å². The van der Waals surface area contributed by atoms with Gasteiger partial charge in [0.15, 0.2) is 0 Å². The van der Waals surface area contributed by atoms with Crippen LogP contribution in [0.4, 0.5) is 5.82 Å². The number of benzene rings is 1. The number of rotatable bonds is 8. The van der Waals surface area contributed by atoms with Gasteiger partial charge in [-0.2, -0.15) is 9.97 Å². The fourth-order valence-electron chi connectivity index (χ4n) is 1.74. The average Bonchev–Trinajstić information content (AvgIpc) is 2.48. The van der Waals surface area contributed by atoms with Crippen molar-refractivity contribution in [3.8, 4) is 6.01 Å². The number of nitrogens with one attached hydrogen (secondary N) is 1. The van der Waals surface area contributed by atoms with Crippen molar-refractivity contribution in [2.24, 2.45) is 0 Å². The zero-order valence-electron chi connectivity index (χ0n) is 11.8. The summed E-state index contributed by atoms with van der Waals surface area (Å²) in [5.41, 5.74) is 0.842. The largest absolute Gasteiger partial charge is 0.461 e. The molecule has 0 bridgehead atoms. The molecule has 1 aromatic carbocycles. The first-order valence-electron chi connectivity index (χ1n) is 6.46. The minimum atomic E-state index is 0.348. The maximum absolute atomic E-state index is 5.48. The summed E-state index contributed by atoms with van der Waals surface area (Å²) in [6.45, 7) is 2.21. The average molecular weight is 277 g/mol. The second-order valence-electron chi connectivity index (χ2n) is 4.13. The highest BCUT2D eigenvalue weighted by molar-refractivity contribution is 5.89. The van der Waals surface area contributed by atoms with Crippen LogP contribution in [-0.2, 0) is 9.47 Å². The normalized spacial score (nSPS) is 10.7. The monoisotopic (exact) mass is 277 g/mol. The summed E-state index contributed by atoms with van der Waals surface area (Å²) >= 11 is 0. The Kier molecular flexibility index (Phi) is 5.52. The van der Waals surface area contributed by atoms with Gasteiger partial charge in [-0.05, 0) is 12.1 Å². The minimum absolute atomic E-state index is 0.348. The number of ether oxygens (including phenoxy) is 3. The van der Waals surface area contributed by atoms with E-state index < -0.39 is 0 Å². The van der Waals surface area contributed by atoms with E-state index in [0.717, 1.165) is 16.7 Å². The molecule has 0 spiro atoms. The van der Waals surface area contributed by atoms with Crippen LogP contribution < -0.4 is 10.1 Å². The van der Waals surface area contributed by atoms with Gasteiger partial charge in [-0.15, -0.1) is 0 Å². The van der Waals surface area contributed by atoms with E-state index >= 15 is 0 Å². The molecule has 20 heavy (non-hydrogen) atoms. The molecular weight excluding hydrogens is 258 g/mol. The summed E-state index contributed by atoms with van der Waals surface area (Å²) in [6, 6.07) is 8.15. The van der Waals surface area contributed by atoms with E-state index in [0.29, 0.717) is 32.4 Å². The summed E-state index contributed by atoms with van der Waals surface area (Å²) < 4.78 is 15.5. The van der Waals surface area contributed by atoms with Crippen molar-refractivity contribution in [1.29, 1.82) is 0 Å². The Hall–Kier alpha value is -1.92. The van der Waals surface area contributed by atoms with Crippen molar-refractivity contribution in [1.82, 2.24) is 9.97 Å². The Labute approximate surface area is 118 Å². The number of hydrogen-bond acceptors (Lipinski definition) is 6. The van der Waals surface area contributed by atoms with Crippen LogP contribution in [0.5, 0.6) is 6.01 Å². The predicted octanol–water partition coefficient (Wildman–Crippen LogP) is 1.71. The highest BCUT2D eigenvalue weighted by atomic mass is 16.5. The molecule has 0 atom stereocenters. The number of anilines is 1. The lowest BCUT2D eigenvalue weighted by molar-refractivity contribution is 0.141. The van der Waals surface area contributed by atoms with E-state index in [1.807, 2.05) is 24.3 Å². The molecule has 0 unspecified atom stereocenters. The van der Waals surface area contributed by atoms with Gasteiger partial charge in [0.2, 0.25) is 0 Å². The predicted molar refractivity (Wildman–Crippen MR) is 77.3 cm³/mol. The summed E-state index contributed by atoms with van der Waals surface area (Å²) in [5, 5.41) is 4.19. The lowest BCUT2D eigenvalue weighted by Gasteiger charge is -2.10. The van der Waals surface area contributed by atoms with Gasteiger partial charge >= 0.3 is 6.01 Å². The highest BCUT2D eigenvalue weighted by Gasteiger charge is 2.07. The molecule has 2 aromatic rings. The van der Waals surface area contributed by atoms with E-state index in [1.165, 1.54) is 0 Å². The molecule has 2 rings (SSSR count). The molecule has 1 heterocycles. The molecule has 0 fully saturated rings. The second kappa shape index (κ2) is 7.62. The third kappa shape index (κ3) is 3.79. The number of aromatic nitrogens is 2. The highest BCUT2D eigenvalue weighted by Crippen LogP contribution is 2.22. The Bertz CT molecular complexity index is 548. The van der Waals surface area contributed by atoms with Crippen LogP contribution in [0, 0.1) is 0 Å². The molecule has 0 saturated carbocycles. The number of nitrogens with zero attached hydrogens (tertiary/aromatic N) is 2. The Balaban J connectivity index is 2.21.